The van der Waals surface area contributed by atoms with Gasteiger partial charge in [0.15, 0.2) is 4.90 Å². The summed E-state index contributed by atoms with van der Waals surface area (Å²) in [6, 6.07) is -0.423. The number of hydrogen-bond donors (Lipinski definition) is 4. The second-order valence-electron chi connectivity index (χ2n) is 3.82. The number of sulfonamides is 1. The molecular formula is C9H15N3O5S. The van der Waals surface area contributed by atoms with Crippen LogP contribution in [0.1, 0.15) is 19.8 Å². The molecule has 0 aliphatic rings. The fraction of sp³-hybridized carbons (Fsp3) is 0.556. The monoisotopic (exact) mass is 277 g/mol. The van der Waals surface area contributed by atoms with Gasteiger partial charge in [0.2, 0.25) is 10.0 Å². The summed E-state index contributed by atoms with van der Waals surface area (Å²) < 4.78 is 25.9. The van der Waals surface area contributed by atoms with Crippen LogP contribution in [-0.2, 0) is 10.0 Å². The maximum atomic E-state index is 11.8. The first-order chi connectivity index (χ1) is 8.36. The molecule has 4 N–H and O–H groups in total. The van der Waals surface area contributed by atoms with Crippen molar-refractivity contribution in [3.63, 3.8) is 0 Å². The zero-order valence-corrected chi connectivity index (χ0v) is 10.6. The molecule has 0 bridgehead atoms. The van der Waals surface area contributed by atoms with Gasteiger partial charge in [0.25, 0.3) is 5.56 Å². The predicted octanol–water partition coefficient (Wildman–Crippen LogP) is -1.50. The van der Waals surface area contributed by atoms with Crippen molar-refractivity contribution in [2.45, 2.75) is 30.7 Å². The molecule has 0 aliphatic heterocycles. The molecule has 1 aromatic heterocycles. The van der Waals surface area contributed by atoms with Crippen LogP contribution in [0.2, 0.25) is 0 Å². The molecule has 0 saturated heterocycles. The van der Waals surface area contributed by atoms with E-state index >= 15 is 0 Å². The zero-order valence-electron chi connectivity index (χ0n) is 9.76. The van der Waals surface area contributed by atoms with Crippen molar-refractivity contribution in [2.75, 3.05) is 6.61 Å². The highest BCUT2D eigenvalue weighted by atomic mass is 32.2. The van der Waals surface area contributed by atoms with Crippen LogP contribution in [0, 0.1) is 0 Å². The van der Waals surface area contributed by atoms with E-state index in [1.165, 1.54) is 0 Å². The Labute approximate surface area is 103 Å². The smallest absolute Gasteiger partial charge is 0.325 e. The molecule has 0 aliphatic carbocycles. The van der Waals surface area contributed by atoms with E-state index in [0.717, 1.165) is 6.20 Å². The summed E-state index contributed by atoms with van der Waals surface area (Å²) in [5.41, 5.74) is -1.74. The second-order valence-corrected chi connectivity index (χ2v) is 5.51. The summed E-state index contributed by atoms with van der Waals surface area (Å²) in [6.07, 6.45) is 1.74. The summed E-state index contributed by atoms with van der Waals surface area (Å²) in [7, 11) is -3.98. The van der Waals surface area contributed by atoms with E-state index in [1.807, 2.05) is 4.98 Å². The van der Waals surface area contributed by atoms with Crippen LogP contribution in [0.4, 0.5) is 0 Å². The Morgan fingerprint density at radius 3 is 2.67 bits per heavy atom. The number of aromatic amines is 2. The van der Waals surface area contributed by atoms with E-state index in [4.69, 9.17) is 5.11 Å². The second kappa shape index (κ2) is 5.94. The van der Waals surface area contributed by atoms with Gasteiger partial charge in [-0.25, -0.2) is 17.9 Å². The molecule has 0 spiro atoms. The Kier molecular flexibility index (Phi) is 4.82. The van der Waals surface area contributed by atoms with E-state index in [-0.39, 0.29) is 6.61 Å². The van der Waals surface area contributed by atoms with Crippen molar-refractivity contribution >= 4 is 10.0 Å². The van der Waals surface area contributed by atoms with Crippen LogP contribution in [0.3, 0.4) is 0 Å². The minimum absolute atomic E-state index is 0.0364. The maximum absolute atomic E-state index is 11.8. The Morgan fingerprint density at radius 2 is 2.11 bits per heavy atom. The SMILES string of the molecule is CC(CCCO)NS(=O)(=O)c1c[nH]c(=O)[nH]c1=O. The Balaban J connectivity index is 2.93. The van der Waals surface area contributed by atoms with Crippen LogP contribution in [0.15, 0.2) is 20.7 Å². The van der Waals surface area contributed by atoms with Gasteiger partial charge < -0.3 is 10.1 Å². The van der Waals surface area contributed by atoms with Gasteiger partial charge >= 0.3 is 5.69 Å². The Morgan fingerprint density at radius 1 is 1.44 bits per heavy atom. The van der Waals surface area contributed by atoms with Crippen LogP contribution < -0.4 is 16.0 Å². The molecule has 9 heteroatoms. The standard InChI is InChI=1S/C9H15N3O5S/c1-6(3-2-4-13)12-18(16,17)7-5-10-9(15)11-8(7)14/h5-6,12-13H,2-4H2,1H3,(H2,10,11,14,15). The van der Waals surface area contributed by atoms with Gasteiger partial charge in [-0.05, 0) is 19.8 Å². The molecule has 102 valence electrons. The van der Waals surface area contributed by atoms with Gasteiger partial charge in [-0.1, -0.05) is 0 Å². The molecule has 1 heterocycles. The van der Waals surface area contributed by atoms with E-state index in [2.05, 4.69) is 9.71 Å². The van der Waals surface area contributed by atoms with E-state index in [0.29, 0.717) is 12.8 Å². The Bertz CT molecular complexity index is 603. The van der Waals surface area contributed by atoms with E-state index < -0.39 is 32.2 Å². The fourth-order valence-electron chi connectivity index (χ4n) is 1.38. The van der Waals surface area contributed by atoms with Crippen molar-refractivity contribution in [2.24, 2.45) is 0 Å². The number of aromatic nitrogens is 2. The van der Waals surface area contributed by atoms with Crippen molar-refractivity contribution in [1.82, 2.24) is 14.7 Å². The third kappa shape index (κ3) is 3.79. The zero-order chi connectivity index (χ0) is 13.8. The molecule has 8 nitrogen and oxygen atoms in total. The fourth-order valence-corrected chi connectivity index (χ4v) is 2.67. The topological polar surface area (TPSA) is 132 Å². The first-order valence-electron chi connectivity index (χ1n) is 5.32. The van der Waals surface area contributed by atoms with E-state index in [9.17, 15) is 18.0 Å². The van der Waals surface area contributed by atoms with Gasteiger partial charge in [0, 0.05) is 18.8 Å². The lowest BCUT2D eigenvalue weighted by molar-refractivity contribution is 0.279. The van der Waals surface area contributed by atoms with Gasteiger partial charge in [-0.15, -0.1) is 0 Å². The average molecular weight is 277 g/mol. The number of H-pyrrole nitrogens is 2. The van der Waals surface area contributed by atoms with Crippen molar-refractivity contribution in [3.05, 3.63) is 27.0 Å². The van der Waals surface area contributed by atoms with Gasteiger partial charge in [-0.2, -0.15) is 0 Å². The molecular weight excluding hydrogens is 262 g/mol. The minimum Gasteiger partial charge on any atom is -0.396 e. The number of nitrogens with one attached hydrogen (secondary N) is 3. The largest absolute Gasteiger partial charge is 0.396 e. The summed E-state index contributed by atoms with van der Waals surface area (Å²) in [4.78, 5) is 25.5. The maximum Gasteiger partial charge on any atom is 0.325 e. The van der Waals surface area contributed by atoms with Crippen LogP contribution in [0.25, 0.3) is 0 Å². The molecule has 1 unspecified atom stereocenters. The lowest BCUT2D eigenvalue weighted by atomic mass is 10.2. The molecule has 18 heavy (non-hydrogen) atoms. The number of aliphatic hydroxyl groups is 1. The molecule has 0 fully saturated rings. The number of rotatable bonds is 6. The Hall–Kier alpha value is -1.45. The third-order valence-corrected chi connectivity index (χ3v) is 3.82. The highest BCUT2D eigenvalue weighted by Gasteiger charge is 2.20. The molecule has 1 atom stereocenters. The molecule has 0 amide bonds. The van der Waals surface area contributed by atoms with Gasteiger partial charge in [-0.3, -0.25) is 9.78 Å². The molecule has 0 aromatic carbocycles. The number of aliphatic hydroxyl groups excluding tert-OH is 1. The third-order valence-electron chi connectivity index (χ3n) is 2.23. The highest BCUT2D eigenvalue weighted by molar-refractivity contribution is 7.89. The molecule has 1 rings (SSSR count). The van der Waals surface area contributed by atoms with Gasteiger partial charge in [0.1, 0.15) is 0 Å². The van der Waals surface area contributed by atoms with E-state index in [1.54, 1.807) is 6.92 Å². The highest BCUT2D eigenvalue weighted by Crippen LogP contribution is 2.03. The normalized spacial score (nSPS) is 13.4. The van der Waals surface area contributed by atoms with Crippen molar-refractivity contribution in [1.29, 1.82) is 0 Å². The molecule has 0 radical (unpaired) electrons. The van der Waals surface area contributed by atoms with Gasteiger partial charge in [0.05, 0.1) is 0 Å². The first kappa shape index (κ1) is 14.6. The van der Waals surface area contributed by atoms with Crippen molar-refractivity contribution < 1.29 is 13.5 Å². The summed E-state index contributed by atoms with van der Waals surface area (Å²) in [6.45, 7) is 1.58. The quantitative estimate of drug-likeness (QED) is 0.502. The van der Waals surface area contributed by atoms with Crippen LogP contribution >= 0.6 is 0 Å². The first-order valence-corrected chi connectivity index (χ1v) is 6.80. The summed E-state index contributed by atoms with van der Waals surface area (Å²) in [5, 5.41) is 8.63. The lowest BCUT2D eigenvalue weighted by Gasteiger charge is -2.12. The molecule has 0 saturated carbocycles. The minimum atomic E-state index is -3.98. The predicted molar refractivity (Wildman–Crippen MR) is 63.8 cm³/mol. The average Bonchev–Trinajstić information content (AvgIpc) is 2.25. The summed E-state index contributed by atoms with van der Waals surface area (Å²) >= 11 is 0. The van der Waals surface area contributed by atoms with Crippen molar-refractivity contribution in [3.8, 4) is 0 Å². The number of hydrogen-bond acceptors (Lipinski definition) is 5. The summed E-state index contributed by atoms with van der Waals surface area (Å²) in [5.74, 6) is 0. The van der Waals surface area contributed by atoms with Crippen LogP contribution in [0.5, 0.6) is 0 Å². The van der Waals surface area contributed by atoms with Crippen LogP contribution in [-0.4, -0.2) is 36.1 Å². The lowest BCUT2D eigenvalue weighted by Crippen LogP contribution is -2.37. The molecule has 1 aromatic rings.